The Balaban J connectivity index is 1.12. The van der Waals surface area contributed by atoms with E-state index in [0.29, 0.717) is 17.5 Å². The number of furan rings is 2. The van der Waals surface area contributed by atoms with Crippen LogP contribution in [0.5, 0.6) is 0 Å². The summed E-state index contributed by atoms with van der Waals surface area (Å²) in [6.07, 6.45) is 0. The lowest BCUT2D eigenvalue weighted by Crippen LogP contribution is -2.00. The fraction of sp³-hybridized carbons (Fsp3) is 0. The van der Waals surface area contributed by atoms with Crippen LogP contribution in [0.2, 0.25) is 0 Å². The fourth-order valence-electron chi connectivity index (χ4n) is 8.47. The van der Waals surface area contributed by atoms with Crippen LogP contribution in [0.3, 0.4) is 0 Å². The van der Waals surface area contributed by atoms with Gasteiger partial charge in [-0.3, -0.25) is 0 Å². The maximum absolute atomic E-state index is 7.08. The minimum Gasteiger partial charge on any atom is -0.456 e. The summed E-state index contributed by atoms with van der Waals surface area (Å²) < 4.78 is 15.7. The van der Waals surface area contributed by atoms with Crippen molar-refractivity contribution in [2.24, 2.45) is 0 Å². The quantitative estimate of drug-likeness (QED) is 0.176. The molecule has 0 aliphatic carbocycles. The van der Waals surface area contributed by atoms with E-state index in [2.05, 4.69) is 138 Å². The molecule has 0 amide bonds. The van der Waals surface area contributed by atoms with Crippen molar-refractivity contribution in [1.82, 2.24) is 19.5 Å². The second-order valence-corrected chi connectivity index (χ2v) is 14.3. The van der Waals surface area contributed by atoms with Crippen LogP contribution < -0.4 is 0 Å². The molecule has 4 heterocycles. The highest BCUT2D eigenvalue weighted by atomic mass is 16.3. The van der Waals surface area contributed by atoms with Gasteiger partial charge in [0.25, 0.3) is 0 Å². The van der Waals surface area contributed by atoms with Gasteiger partial charge in [-0.15, -0.1) is 0 Å². The van der Waals surface area contributed by atoms with E-state index < -0.39 is 0 Å². The molecule has 6 heteroatoms. The lowest BCUT2D eigenvalue weighted by atomic mass is 10.0. The predicted octanol–water partition coefficient (Wildman–Crippen LogP) is 13.4. The van der Waals surface area contributed by atoms with Gasteiger partial charge in [0.1, 0.15) is 16.7 Å². The van der Waals surface area contributed by atoms with E-state index in [1.807, 2.05) is 48.5 Å². The van der Waals surface area contributed by atoms with Gasteiger partial charge in [0.2, 0.25) is 0 Å². The molecule has 0 aliphatic rings. The van der Waals surface area contributed by atoms with Crippen molar-refractivity contribution >= 4 is 65.7 Å². The summed E-state index contributed by atoms with van der Waals surface area (Å²) in [4.78, 5) is 15.6. The summed E-state index contributed by atoms with van der Waals surface area (Å²) in [5.74, 6) is 1.65. The van der Waals surface area contributed by atoms with Crippen LogP contribution in [0.25, 0.3) is 117 Å². The summed E-state index contributed by atoms with van der Waals surface area (Å²) in [7, 11) is 0. The van der Waals surface area contributed by atoms with Crippen molar-refractivity contribution in [2.45, 2.75) is 0 Å². The topological polar surface area (TPSA) is 69.9 Å². The molecule has 8 aromatic carbocycles. The summed E-state index contributed by atoms with van der Waals surface area (Å²) in [5.41, 5.74) is 11.2. The Hall–Kier alpha value is -7.83. The SMILES string of the molecule is c1ccc(-c2ccc(-c3nc(-c4cccc5c4oc4c5ccc5c6ccccc6n(-c6ccccc6)c54)nc(-c4cccc5oc6ccccc6c45)n3)cc2)cc1. The van der Waals surface area contributed by atoms with Crippen molar-refractivity contribution in [2.75, 3.05) is 0 Å². The Labute approximate surface area is 325 Å². The van der Waals surface area contributed by atoms with E-state index in [9.17, 15) is 0 Å². The monoisotopic (exact) mass is 730 g/mol. The summed E-state index contributed by atoms with van der Waals surface area (Å²) in [5, 5.41) is 6.30. The number of hydrogen-bond acceptors (Lipinski definition) is 5. The van der Waals surface area contributed by atoms with Crippen LogP contribution in [-0.2, 0) is 0 Å². The number of rotatable bonds is 5. The molecule has 57 heavy (non-hydrogen) atoms. The van der Waals surface area contributed by atoms with Crippen LogP contribution in [0.15, 0.2) is 191 Å². The molecule has 266 valence electrons. The smallest absolute Gasteiger partial charge is 0.167 e. The van der Waals surface area contributed by atoms with Gasteiger partial charge in [0.15, 0.2) is 23.1 Å². The fourth-order valence-corrected chi connectivity index (χ4v) is 8.47. The average Bonchev–Trinajstić information content (AvgIpc) is 3.97. The van der Waals surface area contributed by atoms with E-state index in [1.165, 1.54) is 5.39 Å². The van der Waals surface area contributed by atoms with E-state index >= 15 is 0 Å². The first kappa shape index (κ1) is 31.5. The molecule has 0 spiro atoms. The molecule has 0 N–H and O–H groups in total. The van der Waals surface area contributed by atoms with Crippen LogP contribution in [0.1, 0.15) is 0 Å². The first-order chi connectivity index (χ1) is 28.3. The van der Waals surface area contributed by atoms with Gasteiger partial charge in [-0.2, -0.15) is 0 Å². The molecule has 6 nitrogen and oxygen atoms in total. The number of hydrogen-bond donors (Lipinski definition) is 0. The molecule has 0 bridgehead atoms. The van der Waals surface area contributed by atoms with Gasteiger partial charge in [0.05, 0.1) is 16.6 Å². The highest BCUT2D eigenvalue weighted by Gasteiger charge is 2.23. The van der Waals surface area contributed by atoms with Gasteiger partial charge in [-0.05, 0) is 53.6 Å². The highest BCUT2D eigenvalue weighted by Crippen LogP contribution is 2.43. The number of nitrogens with zero attached hydrogens (tertiary/aromatic N) is 4. The third-order valence-electron chi connectivity index (χ3n) is 11.1. The molecule has 0 unspecified atom stereocenters. The lowest BCUT2D eigenvalue weighted by Gasteiger charge is -2.10. The Morgan fingerprint density at radius 3 is 1.77 bits per heavy atom. The Kier molecular flexibility index (Phi) is 6.83. The zero-order valence-corrected chi connectivity index (χ0v) is 30.4. The van der Waals surface area contributed by atoms with Crippen molar-refractivity contribution in [3.63, 3.8) is 0 Å². The largest absolute Gasteiger partial charge is 0.456 e. The van der Waals surface area contributed by atoms with Gasteiger partial charge >= 0.3 is 0 Å². The molecule has 0 aliphatic heterocycles. The number of fused-ring (bicyclic) bond motifs is 10. The van der Waals surface area contributed by atoms with E-state index in [0.717, 1.165) is 93.8 Å². The lowest BCUT2D eigenvalue weighted by molar-refractivity contribution is 0.669. The zero-order chi connectivity index (χ0) is 37.5. The second-order valence-electron chi connectivity index (χ2n) is 14.3. The molecule has 0 saturated carbocycles. The maximum atomic E-state index is 7.08. The normalized spacial score (nSPS) is 11.9. The summed E-state index contributed by atoms with van der Waals surface area (Å²) in [6.45, 7) is 0. The van der Waals surface area contributed by atoms with Gasteiger partial charge in [0, 0.05) is 49.1 Å². The Morgan fingerprint density at radius 2 is 0.930 bits per heavy atom. The van der Waals surface area contributed by atoms with E-state index in [4.69, 9.17) is 23.8 Å². The number of aromatic nitrogens is 4. The van der Waals surface area contributed by atoms with Crippen molar-refractivity contribution in [3.8, 4) is 51.0 Å². The molecular weight excluding hydrogens is 701 g/mol. The molecule has 0 atom stereocenters. The third kappa shape index (κ3) is 4.87. The van der Waals surface area contributed by atoms with Gasteiger partial charge in [-0.25, -0.2) is 15.0 Å². The molecule has 12 aromatic rings. The van der Waals surface area contributed by atoms with Crippen molar-refractivity contribution in [1.29, 1.82) is 0 Å². The van der Waals surface area contributed by atoms with Gasteiger partial charge in [-0.1, -0.05) is 140 Å². The maximum Gasteiger partial charge on any atom is 0.167 e. The van der Waals surface area contributed by atoms with Crippen LogP contribution in [0, 0.1) is 0 Å². The minimum atomic E-state index is 0.524. The number of benzene rings is 8. The minimum absolute atomic E-state index is 0.524. The molecule has 0 saturated heterocycles. The first-order valence-electron chi connectivity index (χ1n) is 19.0. The van der Waals surface area contributed by atoms with Crippen molar-refractivity contribution < 1.29 is 8.83 Å². The van der Waals surface area contributed by atoms with Gasteiger partial charge < -0.3 is 13.4 Å². The zero-order valence-electron chi connectivity index (χ0n) is 30.4. The predicted molar refractivity (Wildman–Crippen MR) is 230 cm³/mol. The molecular formula is C51H30N4O2. The first-order valence-corrected chi connectivity index (χ1v) is 19.0. The van der Waals surface area contributed by atoms with Crippen LogP contribution in [-0.4, -0.2) is 19.5 Å². The number of para-hydroxylation sites is 4. The third-order valence-corrected chi connectivity index (χ3v) is 11.1. The highest BCUT2D eigenvalue weighted by molar-refractivity contribution is 6.22. The van der Waals surface area contributed by atoms with E-state index in [1.54, 1.807) is 0 Å². The molecule has 0 fully saturated rings. The molecule has 4 aromatic heterocycles. The average molecular weight is 731 g/mol. The molecule has 0 radical (unpaired) electrons. The standard InChI is InChI=1S/C51H30N4O2/c1-3-13-31(14-4-1)32-25-27-33(28-26-32)49-52-50(40-20-12-24-44-45(40)39-18-8-10-23-43(39)56-44)54-51(53-49)41-21-11-19-37-38-30-29-36-35-17-7-9-22-42(35)55(34-15-5-2-6-16-34)46(36)48(38)57-47(37)41/h1-30H. The Morgan fingerprint density at radius 1 is 0.351 bits per heavy atom. The van der Waals surface area contributed by atoms with E-state index in [-0.39, 0.29) is 0 Å². The Bertz CT molecular complexity index is 3510. The van der Waals surface area contributed by atoms with Crippen molar-refractivity contribution in [3.05, 3.63) is 182 Å². The molecule has 12 rings (SSSR count). The summed E-state index contributed by atoms with van der Waals surface area (Å²) >= 11 is 0. The second kappa shape index (κ2) is 12.3. The van der Waals surface area contributed by atoms with Crippen LogP contribution in [0.4, 0.5) is 0 Å². The summed E-state index contributed by atoms with van der Waals surface area (Å²) in [6, 6.07) is 62.6. The van der Waals surface area contributed by atoms with Crippen LogP contribution >= 0.6 is 0 Å².